The van der Waals surface area contributed by atoms with Crippen LogP contribution in [0.1, 0.15) is 74.1 Å². The Morgan fingerprint density at radius 3 is 2.19 bits per heavy atom. The number of carbonyl (C=O) groups excluding carboxylic acids is 1. The largest absolute Gasteiger partial charge is 0.496 e. The van der Waals surface area contributed by atoms with Crippen molar-refractivity contribution in [2.45, 2.75) is 109 Å². The van der Waals surface area contributed by atoms with E-state index in [0.29, 0.717) is 12.1 Å². The first-order valence-corrected chi connectivity index (χ1v) is 11.4. The summed E-state index contributed by atoms with van der Waals surface area (Å²) >= 11 is 0. The van der Waals surface area contributed by atoms with Crippen LogP contribution >= 0.6 is 0 Å². The van der Waals surface area contributed by atoms with Gasteiger partial charge in [-0.1, -0.05) is 6.07 Å². The van der Waals surface area contributed by atoms with Crippen LogP contribution in [0.2, 0.25) is 0 Å². The lowest BCUT2D eigenvalue weighted by atomic mass is 9.80. The highest BCUT2D eigenvalue weighted by molar-refractivity contribution is 6.62. The Balaban J connectivity index is 1.40. The normalized spacial score (nSPS) is 29.2. The van der Waals surface area contributed by atoms with Crippen LogP contribution in [0, 0.1) is 0 Å². The predicted octanol–water partition coefficient (Wildman–Crippen LogP) is 3.41. The Hall–Kier alpha value is -1.80. The first-order valence-electron chi connectivity index (χ1n) is 11.4. The molecular formula is C23H36BN3O4. The molecule has 3 aliphatic heterocycles. The van der Waals surface area contributed by atoms with Crippen LogP contribution in [-0.4, -0.2) is 53.1 Å². The molecular weight excluding hydrogens is 393 g/mol. The smallest absolute Gasteiger partial charge is 0.444 e. The molecule has 0 aliphatic carbocycles. The minimum absolute atomic E-state index is 0.146. The second-order valence-corrected chi connectivity index (χ2v) is 11.1. The summed E-state index contributed by atoms with van der Waals surface area (Å²) < 4.78 is 17.7. The van der Waals surface area contributed by atoms with E-state index in [9.17, 15) is 4.79 Å². The van der Waals surface area contributed by atoms with Crippen molar-refractivity contribution in [1.29, 1.82) is 0 Å². The van der Waals surface area contributed by atoms with Gasteiger partial charge in [-0.15, -0.1) is 0 Å². The Morgan fingerprint density at radius 1 is 1.13 bits per heavy atom. The van der Waals surface area contributed by atoms with Crippen molar-refractivity contribution < 1.29 is 18.8 Å². The summed E-state index contributed by atoms with van der Waals surface area (Å²) in [6, 6.07) is 5.05. The number of rotatable bonds is 3. The van der Waals surface area contributed by atoms with E-state index in [4.69, 9.17) is 19.0 Å². The summed E-state index contributed by atoms with van der Waals surface area (Å²) in [6.45, 7) is 13.9. The van der Waals surface area contributed by atoms with E-state index in [0.717, 1.165) is 37.0 Å². The minimum Gasteiger partial charge on any atom is -0.444 e. The molecule has 1 aromatic rings. The van der Waals surface area contributed by atoms with E-state index in [-0.39, 0.29) is 23.3 Å². The molecule has 4 rings (SSSR count). The van der Waals surface area contributed by atoms with Gasteiger partial charge in [0.15, 0.2) is 0 Å². The topological polar surface area (TPSA) is 72.9 Å². The first kappa shape index (κ1) is 22.4. The molecule has 3 fully saturated rings. The molecule has 8 heteroatoms. The molecule has 1 N–H and O–H groups in total. The number of pyridine rings is 1. The number of piperidine rings is 1. The van der Waals surface area contributed by atoms with Gasteiger partial charge < -0.3 is 24.3 Å². The Labute approximate surface area is 186 Å². The van der Waals surface area contributed by atoms with Gasteiger partial charge in [0.2, 0.25) is 0 Å². The van der Waals surface area contributed by atoms with Gasteiger partial charge >= 0.3 is 13.2 Å². The fraction of sp³-hybridized carbons (Fsp3) is 0.739. The monoisotopic (exact) mass is 429 g/mol. The van der Waals surface area contributed by atoms with Crippen molar-refractivity contribution in [3.8, 4) is 0 Å². The quantitative estimate of drug-likeness (QED) is 0.743. The van der Waals surface area contributed by atoms with Crippen molar-refractivity contribution in [3.63, 3.8) is 0 Å². The van der Waals surface area contributed by atoms with Crippen molar-refractivity contribution in [1.82, 2.24) is 10.3 Å². The fourth-order valence-electron chi connectivity index (χ4n) is 4.81. The minimum atomic E-state index is -0.480. The maximum absolute atomic E-state index is 12.2. The lowest BCUT2D eigenvalue weighted by Gasteiger charge is -2.40. The number of fused-ring (bicyclic) bond motifs is 2. The Morgan fingerprint density at radius 2 is 1.71 bits per heavy atom. The van der Waals surface area contributed by atoms with Gasteiger partial charge in [0.05, 0.1) is 11.2 Å². The maximum atomic E-state index is 12.2. The number of alkyl carbamates (subject to hydrolysis) is 1. The van der Waals surface area contributed by atoms with Crippen LogP contribution < -0.4 is 15.7 Å². The molecule has 170 valence electrons. The second-order valence-electron chi connectivity index (χ2n) is 11.1. The summed E-state index contributed by atoms with van der Waals surface area (Å²) in [6.07, 6.45) is 5.62. The van der Waals surface area contributed by atoms with Crippen molar-refractivity contribution >= 4 is 24.5 Å². The molecule has 0 aromatic carbocycles. The van der Waals surface area contributed by atoms with E-state index in [1.54, 1.807) is 0 Å². The number of carbonyl (C=O) groups is 1. The fourth-order valence-corrected chi connectivity index (χ4v) is 4.81. The zero-order valence-electron chi connectivity index (χ0n) is 19.9. The standard InChI is InChI=1S/C23H36BN3O4/c1-21(2,3)29-20(28)26-16-12-17-9-10-18(13-16)27(17)19-11-8-15(14-25-19)24-30-22(4,5)23(6,7)31-24/h8,11,14,16-18H,9-10,12-13H2,1-7H3,(H,26,28)/t16-,17-,18+. The third-order valence-corrected chi connectivity index (χ3v) is 7.01. The lowest BCUT2D eigenvalue weighted by Crippen LogP contribution is -2.51. The summed E-state index contributed by atoms with van der Waals surface area (Å²) in [5.41, 5.74) is -0.264. The van der Waals surface area contributed by atoms with Crippen LogP contribution in [0.3, 0.4) is 0 Å². The number of anilines is 1. The third kappa shape index (κ3) is 4.56. The lowest BCUT2D eigenvalue weighted by molar-refractivity contribution is 0.00578. The van der Waals surface area contributed by atoms with Crippen LogP contribution in [-0.2, 0) is 14.0 Å². The molecule has 0 saturated carbocycles. The molecule has 3 aliphatic rings. The molecule has 2 bridgehead atoms. The predicted molar refractivity (Wildman–Crippen MR) is 122 cm³/mol. The molecule has 3 saturated heterocycles. The second kappa shape index (κ2) is 7.66. The number of hydrogen-bond acceptors (Lipinski definition) is 6. The Bertz CT molecular complexity index is 791. The van der Waals surface area contributed by atoms with Crippen molar-refractivity contribution in [2.75, 3.05) is 4.90 Å². The van der Waals surface area contributed by atoms with Crippen molar-refractivity contribution in [3.05, 3.63) is 18.3 Å². The number of amides is 1. The van der Waals surface area contributed by atoms with E-state index < -0.39 is 12.7 Å². The van der Waals surface area contributed by atoms with E-state index in [2.05, 4.69) is 50.0 Å². The summed E-state index contributed by atoms with van der Waals surface area (Å²) in [5, 5.41) is 3.07. The van der Waals surface area contributed by atoms with E-state index >= 15 is 0 Å². The zero-order valence-corrected chi connectivity index (χ0v) is 19.9. The van der Waals surface area contributed by atoms with Gasteiger partial charge in [-0.3, -0.25) is 0 Å². The van der Waals surface area contributed by atoms with E-state index in [1.165, 1.54) is 0 Å². The molecule has 31 heavy (non-hydrogen) atoms. The molecule has 4 heterocycles. The molecule has 3 atom stereocenters. The van der Waals surface area contributed by atoms with Crippen LogP contribution in [0.5, 0.6) is 0 Å². The summed E-state index contributed by atoms with van der Waals surface area (Å²) in [4.78, 5) is 19.4. The van der Waals surface area contributed by atoms with Gasteiger partial charge in [-0.2, -0.15) is 0 Å². The van der Waals surface area contributed by atoms with Gasteiger partial charge in [0.25, 0.3) is 0 Å². The molecule has 0 radical (unpaired) electrons. The average Bonchev–Trinajstić information content (AvgIpc) is 3.02. The number of aromatic nitrogens is 1. The Kier molecular flexibility index (Phi) is 5.53. The van der Waals surface area contributed by atoms with Crippen molar-refractivity contribution in [2.24, 2.45) is 0 Å². The molecule has 0 spiro atoms. The highest BCUT2D eigenvalue weighted by Crippen LogP contribution is 2.39. The molecule has 1 amide bonds. The van der Waals surface area contributed by atoms with Gasteiger partial charge in [0, 0.05) is 29.8 Å². The highest BCUT2D eigenvalue weighted by atomic mass is 16.7. The van der Waals surface area contributed by atoms with Crippen LogP contribution in [0.15, 0.2) is 18.3 Å². The number of nitrogens with zero attached hydrogens (tertiary/aromatic N) is 2. The van der Waals surface area contributed by atoms with Gasteiger partial charge in [-0.05, 0) is 80.2 Å². The summed E-state index contributed by atoms with van der Waals surface area (Å²) in [7, 11) is -0.396. The zero-order chi connectivity index (χ0) is 22.6. The third-order valence-electron chi connectivity index (χ3n) is 7.01. The summed E-state index contributed by atoms with van der Waals surface area (Å²) in [5.74, 6) is 0.989. The highest BCUT2D eigenvalue weighted by Gasteiger charge is 2.52. The SMILES string of the molecule is CC(C)(C)OC(=O)N[C@@H]1C[C@H]2CC[C@@H](C1)N2c1ccc(B2OC(C)(C)C(C)(C)O2)cn1. The number of ether oxygens (including phenoxy) is 1. The molecule has 0 unspecified atom stereocenters. The maximum Gasteiger partial charge on any atom is 0.496 e. The molecule has 1 aromatic heterocycles. The number of nitrogens with one attached hydrogen (secondary N) is 1. The number of hydrogen-bond donors (Lipinski definition) is 1. The van der Waals surface area contributed by atoms with Crippen LogP contribution in [0.4, 0.5) is 10.6 Å². The van der Waals surface area contributed by atoms with Gasteiger partial charge in [-0.25, -0.2) is 9.78 Å². The average molecular weight is 429 g/mol. The van der Waals surface area contributed by atoms with E-state index in [1.807, 2.05) is 27.0 Å². The van der Waals surface area contributed by atoms with Gasteiger partial charge in [0.1, 0.15) is 11.4 Å². The first-order chi connectivity index (χ1) is 14.3. The van der Waals surface area contributed by atoms with Crippen LogP contribution in [0.25, 0.3) is 0 Å². The molecule has 7 nitrogen and oxygen atoms in total.